The zero-order valence-corrected chi connectivity index (χ0v) is 12.6. The van der Waals surface area contributed by atoms with E-state index in [9.17, 15) is 0 Å². The molecule has 0 amide bonds. The SMILES string of the molecule is COc1ccc2cnc(-c3nc(C(C)C)cs3)cc2c1. The van der Waals surface area contributed by atoms with E-state index < -0.39 is 0 Å². The maximum Gasteiger partial charge on any atom is 0.142 e. The first-order valence-corrected chi connectivity index (χ1v) is 7.45. The fourth-order valence-electron chi connectivity index (χ4n) is 2.03. The molecule has 4 heteroatoms. The molecule has 1 aromatic carbocycles. The van der Waals surface area contributed by atoms with Crippen LogP contribution in [0.4, 0.5) is 0 Å². The lowest BCUT2D eigenvalue weighted by Gasteiger charge is -2.03. The predicted octanol–water partition coefficient (Wildman–Crippen LogP) is 4.49. The van der Waals surface area contributed by atoms with Crippen molar-refractivity contribution in [1.29, 1.82) is 0 Å². The fourth-order valence-corrected chi connectivity index (χ4v) is 2.98. The summed E-state index contributed by atoms with van der Waals surface area (Å²) >= 11 is 1.64. The normalized spacial score (nSPS) is 11.2. The number of ether oxygens (including phenoxy) is 1. The van der Waals surface area contributed by atoms with Gasteiger partial charge >= 0.3 is 0 Å². The van der Waals surface area contributed by atoms with Gasteiger partial charge in [-0.3, -0.25) is 4.98 Å². The zero-order chi connectivity index (χ0) is 14.1. The number of benzene rings is 1. The molecule has 3 rings (SSSR count). The van der Waals surface area contributed by atoms with Gasteiger partial charge in [0.1, 0.15) is 10.8 Å². The summed E-state index contributed by atoms with van der Waals surface area (Å²) in [5, 5.41) is 5.31. The molecule has 20 heavy (non-hydrogen) atoms. The molecule has 0 aliphatic heterocycles. The average Bonchev–Trinajstić information content (AvgIpc) is 2.96. The van der Waals surface area contributed by atoms with E-state index in [1.165, 1.54) is 0 Å². The number of fused-ring (bicyclic) bond motifs is 1. The second kappa shape index (κ2) is 5.21. The third-order valence-corrected chi connectivity index (χ3v) is 4.14. The summed E-state index contributed by atoms with van der Waals surface area (Å²) in [6.07, 6.45) is 1.89. The van der Waals surface area contributed by atoms with Crippen LogP contribution in [0.3, 0.4) is 0 Å². The summed E-state index contributed by atoms with van der Waals surface area (Å²) in [7, 11) is 1.68. The first-order chi connectivity index (χ1) is 9.67. The Hall–Kier alpha value is -1.94. The van der Waals surface area contributed by atoms with Crippen molar-refractivity contribution in [2.45, 2.75) is 19.8 Å². The fraction of sp³-hybridized carbons (Fsp3) is 0.250. The van der Waals surface area contributed by atoms with Crippen molar-refractivity contribution < 1.29 is 4.74 Å². The zero-order valence-electron chi connectivity index (χ0n) is 11.8. The maximum atomic E-state index is 5.27. The van der Waals surface area contributed by atoms with Gasteiger partial charge in [-0.25, -0.2) is 4.98 Å². The van der Waals surface area contributed by atoms with Crippen LogP contribution >= 0.6 is 11.3 Å². The van der Waals surface area contributed by atoms with E-state index in [0.717, 1.165) is 32.9 Å². The standard InChI is InChI=1S/C16H16N2OS/c1-10(2)15-9-20-16(18-15)14-7-12-6-13(19-3)5-4-11(12)8-17-14/h4-10H,1-3H3. The third kappa shape index (κ3) is 2.39. The van der Waals surface area contributed by atoms with Crippen LogP contribution in [0.2, 0.25) is 0 Å². The molecule has 0 atom stereocenters. The molecule has 0 radical (unpaired) electrons. The quantitative estimate of drug-likeness (QED) is 0.710. The Morgan fingerprint density at radius 2 is 2.00 bits per heavy atom. The van der Waals surface area contributed by atoms with E-state index in [1.54, 1.807) is 18.4 Å². The minimum atomic E-state index is 0.445. The van der Waals surface area contributed by atoms with Crippen LogP contribution in [0.1, 0.15) is 25.5 Å². The number of hydrogen-bond acceptors (Lipinski definition) is 4. The highest BCUT2D eigenvalue weighted by Gasteiger charge is 2.09. The molecule has 0 unspecified atom stereocenters. The molecular weight excluding hydrogens is 268 g/mol. The predicted molar refractivity (Wildman–Crippen MR) is 83.5 cm³/mol. The molecule has 0 N–H and O–H groups in total. The van der Waals surface area contributed by atoms with E-state index in [4.69, 9.17) is 4.74 Å². The van der Waals surface area contributed by atoms with Crippen LogP contribution in [-0.2, 0) is 0 Å². The molecule has 2 aromatic heterocycles. The topological polar surface area (TPSA) is 35.0 Å². The number of methoxy groups -OCH3 is 1. The highest BCUT2D eigenvalue weighted by molar-refractivity contribution is 7.13. The van der Waals surface area contributed by atoms with Crippen LogP contribution in [0, 0.1) is 0 Å². The first kappa shape index (κ1) is 13.1. The van der Waals surface area contributed by atoms with E-state index in [2.05, 4.69) is 35.3 Å². The van der Waals surface area contributed by atoms with Gasteiger partial charge < -0.3 is 4.74 Å². The minimum Gasteiger partial charge on any atom is -0.497 e. The van der Waals surface area contributed by atoms with Gasteiger partial charge in [0.2, 0.25) is 0 Å². The Bertz CT molecular complexity index is 749. The lowest BCUT2D eigenvalue weighted by atomic mass is 10.1. The lowest BCUT2D eigenvalue weighted by molar-refractivity contribution is 0.415. The minimum absolute atomic E-state index is 0.445. The summed E-state index contributed by atoms with van der Waals surface area (Å²) in [5.41, 5.74) is 2.04. The number of hydrogen-bond donors (Lipinski definition) is 0. The maximum absolute atomic E-state index is 5.27. The smallest absolute Gasteiger partial charge is 0.142 e. The summed E-state index contributed by atoms with van der Waals surface area (Å²) in [4.78, 5) is 9.17. The second-order valence-corrected chi connectivity index (χ2v) is 5.87. The number of rotatable bonds is 3. The van der Waals surface area contributed by atoms with Gasteiger partial charge in [0.25, 0.3) is 0 Å². The summed E-state index contributed by atoms with van der Waals surface area (Å²) in [6, 6.07) is 8.06. The summed E-state index contributed by atoms with van der Waals surface area (Å²) < 4.78 is 5.27. The van der Waals surface area contributed by atoms with Crippen LogP contribution in [-0.4, -0.2) is 17.1 Å². The molecule has 0 saturated heterocycles. The molecule has 0 spiro atoms. The molecule has 0 aliphatic carbocycles. The molecule has 3 nitrogen and oxygen atoms in total. The highest BCUT2D eigenvalue weighted by Crippen LogP contribution is 2.28. The first-order valence-electron chi connectivity index (χ1n) is 6.57. The van der Waals surface area contributed by atoms with Crippen molar-refractivity contribution >= 4 is 22.1 Å². The van der Waals surface area contributed by atoms with E-state index in [-0.39, 0.29) is 0 Å². The molecule has 0 fully saturated rings. The van der Waals surface area contributed by atoms with Crippen LogP contribution in [0.5, 0.6) is 5.75 Å². The molecular formula is C16H16N2OS. The Morgan fingerprint density at radius 3 is 2.70 bits per heavy atom. The van der Waals surface area contributed by atoms with Gasteiger partial charge in [0.15, 0.2) is 0 Å². The van der Waals surface area contributed by atoms with Crippen LogP contribution in [0.15, 0.2) is 35.8 Å². The van der Waals surface area contributed by atoms with E-state index in [0.29, 0.717) is 5.92 Å². The van der Waals surface area contributed by atoms with Crippen molar-refractivity contribution in [1.82, 2.24) is 9.97 Å². The lowest BCUT2D eigenvalue weighted by Crippen LogP contribution is -1.89. The average molecular weight is 284 g/mol. The Labute approximate surface area is 122 Å². The van der Waals surface area contributed by atoms with Crippen molar-refractivity contribution in [3.8, 4) is 16.5 Å². The molecule has 0 aliphatic rings. The molecule has 2 heterocycles. The number of aromatic nitrogens is 2. The van der Waals surface area contributed by atoms with E-state index >= 15 is 0 Å². The summed E-state index contributed by atoms with van der Waals surface area (Å²) in [6.45, 7) is 4.30. The Morgan fingerprint density at radius 1 is 1.15 bits per heavy atom. The second-order valence-electron chi connectivity index (χ2n) is 5.01. The molecule has 3 aromatic rings. The largest absolute Gasteiger partial charge is 0.497 e. The Balaban J connectivity index is 2.06. The van der Waals surface area contributed by atoms with E-state index in [1.807, 2.05) is 24.4 Å². The number of nitrogens with zero attached hydrogens (tertiary/aromatic N) is 2. The third-order valence-electron chi connectivity index (χ3n) is 3.26. The van der Waals surface area contributed by atoms with Crippen molar-refractivity contribution in [3.05, 3.63) is 41.5 Å². The molecule has 0 saturated carbocycles. The van der Waals surface area contributed by atoms with Crippen LogP contribution < -0.4 is 4.74 Å². The Kier molecular flexibility index (Phi) is 3.40. The monoisotopic (exact) mass is 284 g/mol. The van der Waals surface area contributed by atoms with Gasteiger partial charge in [-0.2, -0.15) is 0 Å². The highest BCUT2D eigenvalue weighted by atomic mass is 32.1. The van der Waals surface area contributed by atoms with Crippen molar-refractivity contribution in [3.63, 3.8) is 0 Å². The van der Waals surface area contributed by atoms with Crippen molar-refractivity contribution in [2.24, 2.45) is 0 Å². The van der Waals surface area contributed by atoms with Crippen molar-refractivity contribution in [2.75, 3.05) is 7.11 Å². The van der Waals surface area contributed by atoms with Gasteiger partial charge in [-0.15, -0.1) is 11.3 Å². The van der Waals surface area contributed by atoms with Gasteiger partial charge in [-0.05, 0) is 35.6 Å². The van der Waals surface area contributed by atoms with Gasteiger partial charge in [0, 0.05) is 17.0 Å². The number of thiazole rings is 1. The van der Waals surface area contributed by atoms with Gasteiger partial charge in [-0.1, -0.05) is 13.8 Å². The molecule has 0 bridgehead atoms. The summed E-state index contributed by atoms with van der Waals surface area (Å²) in [5.74, 6) is 1.30. The van der Waals surface area contributed by atoms with Crippen LogP contribution in [0.25, 0.3) is 21.5 Å². The van der Waals surface area contributed by atoms with Gasteiger partial charge in [0.05, 0.1) is 18.5 Å². The number of pyridine rings is 1. The molecule has 102 valence electrons.